The zero-order chi connectivity index (χ0) is 16.2. The Balaban J connectivity index is 1.98. The molecule has 0 bridgehead atoms. The van der Waals surface area contributed by atoms with Crippen molar-refractivity contribution in [2.75, 3.05) is 0 Å². The first-order chi connectivity index (χ1) is 11.2. The summed E-state index contributed by atoms with van der Waals surface area (Å²) in [5, 5.41) is 21.1. The van der Waals surface area contributed by atoms with E-state index in [1.807, 2.05) is 18.2 Å². The lowest BCUT2D eigenvalue weighted by molar-refractivity contribution is 0.426. The summed E-state index contributed by atoms with van der Waals surface area (Å²) in [7, 11) is -1.42. The molecule has 3 aromatic rings. The lowest BCUT2D eigenvalue weighted by Crippen LogP contribution is -2.29. The number of fused-ring (bicyclic) bond motifs is 3. The highest BCUT2D eigenvalue weighted by atomic mass is 16.4. The molecule has 0 spiro atoms. The molecule has 0 saturated heterocycles. The Morgan fingerprint density at radius 2 is 1.61 bits per heavy atom. The van der Waals surface area contributed by atoms with Crippen molar-refractivity contribution in [2.24, 2.45) is 0 Å². The Bertz CT molecular complexity index is 795. The smallest absolute Gasteiger partial charge is 0.423 e. The number of nitrogens with zero attached hydrogens (tertiary/aromatic N) is 1. The first-order valence-electron chi connectivity index (χ1n) is 8.59. The Morgan fingerprint density at radius 1 is 0.870 bits per heavy atom. The van der Waals surface area contributed by atoms with E-state index in [0.717, 1.165) is 11.9 Å². The van der Waals surface area contributed by atoms with Crippen LogP contribution < -0.4 is 5.46 Å². The third kappa shape index (κ3) is 3.28. The van der Waals surface area contributed by atoms with Gasteiger partial charge in [-0.15, -0.1) is 0 Å². The van der Waals surface area contributed by atoms with Crippen LogP contribution in [-0.2, 0) is 6.54 Å². The second kappa shape index (κ2) is 7.20. The summed E-state index contributed by atoms with van der Waals surface area (Å²) < 4.78 is 2.37. The van der Waals surface area contributed by atoms with Gasteiger partial charge in [0.05, 0.1) is 0 Å². The normalized spacial score (nSPS) is 11.4. The average Bonchev–Trinajstić information content (AvgIpc) is 2.88. The molecule has 0 unspecified atom stereocenters. The summed E-state index contributed by atoms with van der Waals surface area (Å²) in [5.74, 6) is 0. The molecule has 0 aliphatic carbocycles. The molecule has 1 heterocycles. The third-order valence-electron chi connectivity index (χ3n) is 4.58. The number of para-hydroxylation sites is 1. The molecular formula is C19H24BNO2. The van der Waals surface area contributed by atoms with Crippen molar-refractivity contribution in [3.05, 3.63) is 42.5 Å². The Morgan fingerprint density at radius 3 is 2.39 bits per heavy atom. The lowest BCUT2D eigenvalue weighted by atomic mass is 9.80. The fourth-order valence-corrected chi connectivity index (χ4v) is 3.35. The highest BCUT2D eigenvalue weighted by molar-refractivity contribution is 6.59. The second-order valence-electron chi connectivity index (χ2n) is 6.23. The van der Waals surface area contributed by atoms with E-state index in [2.05, 4.69) is 29.7 Å². The van der Waals surface area contributed by atoms with Crippen LogP contribution in [0.2, 0.25) is 0 Å². The van der Waals surface area contributed by atoms with E-state index < -0.39 is 7.12 Å². The summed E-state index contributed by atoms with van der Waals surface area (Å²) >= 11 is 0. The van der Waals surface area contributed by atoms with E-state index >= 15 is 0 Å². The van der Waals surface area contributed by atoms with Gasteiger partial charge in [-0.25, -0.2) is 0 Å². The van der Waals surface area contributed by atoms with Crippen molar-refractivity contribution >= 4 is 34.4 Å². The predicted molar refractivity (Wildman–Crippen MR) is 98.0 cm³/mol. The number of aryl methyl sites for hydroxylation is 1. The fourth-order valence-electron chi connectivity index (χ4n) is 3.35. The number of hydrogen-bond acceptors (Lipinski definition) is 2. The van der Waals surface area contributed by atoms with Crippen LogP contribution in [0.15, 0.2) is 42.5 Å². The first kappa shape index (κ1) is 16.1. The quantitative estimate of drug-likeness (QED) is 0.519. The largest absolute Gasteiger partial charge is 0.488 e. The number of hydrogen-bond donors (Lipinski definition) is 2. The minimum absolute atomic E-state index is 0.545. The van der Waals surface area contributed by atoms with Crippen LogP contribution in [0.4, 0.5) is 0 Å². The van der Waals surface area contributed by atoms with Gasteiger partial charge in [0.25, 0.3) is 0 Å². The van der Waals surface area contributed by atoms with Crippen molar-refractivity contribution in [1.82, 2.24) is 4.57 Å². The molecule has 0 atom stereocenters. The zero-order valence-corrected chi connectivity index (χ0v) is 13.7. The maximum absolute atomic E-state index is 9.43. The van der Waals surface area contributed by atoms with Gasteiger partial charge in [-0.05, 0) is 24.0 Å². The van der Waals surface area contributed by atoms with Crippen LogP contribution in [0.25, 0.3) is 21.8 Å². The average molecular weight is 309 g/mol. The van der Waals surface area contributed by atoms with Crippen molar-refractivity contribution in [3.63, 3.8) is 0 Å². The van der Waals surface area contributed by atoms with Crippen molar-refractivity contribution in [3.8, 4) is 0 Å². The summed E-state index contributed by atoms with van der Waals surface area (Å²) in [6, 6.07) is 14.1. The van der Waals surface area contributed by atoms with Crippen LogP contribution in [0.1, 0.15) is 39.0 Å². The number of aromatic nitrogens is 1. The van der Waals surface area contributed by atoms with E-state index in [0.29, 0.717) is 5.46 Å². The molecule has 3 nitrogen and oxygen atoms in total. The van der Waals surface area contributed by atoms with Crippen molar-refractivity contribution in [1.29, 1.82) is 0 Å². The second-order valence-corrected chi connectivity index (χ2v) is 6.23. The highest BCUT2D eigenvalue weighted by Gasteiger charge is 2.15. The Hall–Kier alpha value is -1.78. The maximum atomic E-state index is 9.43. The molecule has 4 heteroatoms. The number of rotatable bonds is 7. The van der Waals surface area contributed by atoms with Gasteiger partial charge in [-0.1, -0.05) is 62.9 Å². The molecule has 1 aromatic heterocycles. The molecule has 2 aromatic carbocycles. The molecule has 0 saturated carbocycles. The van der Waals surface area contributed by atoms with Crippen LogP contribution in [0.3, 0.4) is 0 Å². The van der Waals surface area contributed by atoms with Crippen LogP contribution >= 0.6 is 0 Å². The molecule has 3 rings (SSSR count). The van der Waals surface area contributed by atoms with Gasteiger partial charge >= 0.3 is 7.12 Å². The van der Waals surface area contributed by atoms with Gasteiger partial charge in [0, 0.05) is 28.4 Å². The van der Waals surface area contributed by atoms with Crippen molar-refractivity contribution < 1.29 is 10.0 Å². The van der Waals surface area contributed by atoms with Gasteiger partial charge < -0.3 is 14.6 Å². The van der Waals surface area contributed by atoms with Crippen LogP contribution in [0.5, 0.6) is 0 Å². The van der Waals surface area contributed by atoms with Gasteiger partial charge in [-0.2, -0.15) is 0 Å². The summed E-state index contributed by atoms with van der Waals surface area (Å²) in [5.41, 5.74) is 2.94. The Kier molecular flexibility index (Phi) is 5.04. The van der Waals surface area contributed by atoms with Gasteiger partial charge in [-0.3, -0.25) is 0 Å². The first-order valence-corrected chi connectivity index (χ1v) is 8.59. The summed E-state index contributed by atoms with van der Waals surface area (Å²) in [6.07, 6.45) is 6.31. The molecule has 120 valence electrons. The van der Waals surface area contributed by atoms with E-state index in [4.69, 9.17) is 0 Å². The van der Waals surface area contributed by atoms with E-state index in [-0.39, 0.29) is 0 Å². The zero-order valence-electron chi connectivity index (χ0n) is 13.7. The molecule has 0 aliphatic rings. The summed E-state index contributed by atoms with van der Waals surface area (Å²) in [6.45, 7) is 3.24. The lowest BCUT2D eigenvalue weighted by Gasteiger charge is -2.08. The number of unbranched alkanes of at least 4 members (excludes halogenated alkanes) is 4. The third-order valence-corrected chi connectivity index (χ3v) is 4.58. The fraction of sp³-hybridized carbons (Fsp3) is 0.368. The Labute approximate surface area is 137 Å². The molecule has 2 N–H and O–H groups in total. The SMILES string of the molecule is CCCCCCCn1c2ccccc2c2cc(B(O)O)ccc21. The minimum atomic E-state index is -1.42. The molecule has 0 aliphatic heterocycles. The summed E-state index contributed by atoms with van der Waals surface area (Å²) in [4.78, 5) is 0. The molecular weight excluding hydrogens is 285 g/mol. The van der Waals surface area contributed by atoms with Crippen LogP contribution in [-0.4, -0.2) is 21.7 Å². The van der Waals surface area contributed by atoms with E-state index in [9.17, 15) is 10.0 Å². The highest BCUT2D eigenvalue weighted by Crippen LogP contribution is 2.28. The monoisotopic (exact) mass is 309 g/mol. The molecule has 0 amide bonds. The maximum Gasteiger partial charge on any atom is 0.488 e. The van der Waals surface area contributed by atoms with E-state index in [1.54, 1.807) is 6.07 Å². The predicted octanol–water partition coefficient (Wildman–Crippen LogP) is 3.44. The molecule has 0 fully saturated rings. The topological polar surface area (TPSA) is 45.4 Å². The van der Waals surface area contributed by atoms with Gasteiger partial charge in [0.15, 0.2) is 0 Å². The van der Waals surface area contributed by atoms with Gasteiger partial charge in [0.2, 0.25) is 0 Å². The standard InChI is InChI=1S/C19H24BNO2/c1-2-3-4-5-8-13-21-18-10-7-6-9-16(18)17-14-15(20(22)23)11-12-19(17)21/h6-7,9-12,14,22-23H,2-5,8,13H2,1H3. The minimum Gasteiger partial charge on any atom is -0.423 e. The van der Waals surface area contributed by atoms with E-state index in [1.165, 1.54) is 48.5 Å². The van der Waals surface area contributed by atoms with Crippen molar-refractivity contribution in [2.45, 2.75) is 45.6 Å². The van der Waals surface area contributed by atoms with Crippen LogP contribution in [0, 0.1) is 0 Å². The molecule has 23 heavy (non-hydrogen) atoms. The molecule has 0 radical (unpaired) electrons. The number of benzene rings is 2. The van der Waals surface area contributed by atoms with Gasteiger partial charge in [0.1, 0.15) is 0 Å².